The molecule has 0 radical (unpaired) electrons. The minimum atomic E-state index is -4.89. The van der Waals surface area contributed by atoms with Gasteiger partial charge in [-0.3, -0.25) is 4.79 Å². The first kappa shape index (κ1) is 15.0. The first-order valence-electron chi connectivity index (χ1n) is 6.10. The molecule has 5 nitrogen and oxygen atoms in total. The van der Waals surface area contributed by atoms with Gasteiger partial charge in [0.05, 0.1) is 6.33 Å². The van der Waals surface area contributed by atoms with Crippen LogP contribution >= 0.6 is 0 Å². The van der Waals surface area contributed by atoms with Gasteiger partial charge in [0, 0.05) is 30.7 Å². The number of rotatable bonds is 5. The number of aromatic amines is 1. The van der Waals surface area contributed by atoms with Crippen LogP contribution in [0.15, 0.2) is 36.8 Å². The minimum absolute atomic E-state index is 0.109. The van der Waals surface area contributed by atoms with E-state index in [1.54, 1.807) is 24.7 Å². The van der Waals surface area contributed by atoms with Crippen molar-refractivity contribution in [1.82, 2.24) is 15.3 Å². The Morgan fingerprint density at radius 3 is 2.76 bits per heavy atom. The Morgan fingerprint density at radius 1 is 1.29 bits per heavy atom. The molecule has 3 N–H and O–H groups in total. The fourth-order valence-corrected chi connectivity index (χ4v) is 1.68. The van der Waals surface area contributed by atoms with Crippen molar-refractivity contribution in [2.75, 3.05) is 5.32 Å². The molecule has 0 bridgehead atoms. The zero-order valence-corrected chi connectivity index (χ0v) is 10.9. The predicted octanol–water partition coefficient (Wildman–Crippen LogP) is 2.20. The quantitative estimate of drug-likeness (QED) is 0.792. The number of halogens is 3. The van der Waals surface area contributed by atoms with Crippen molar-refractivity contribution >= 4 is 11.6 Å². The van der Waals surface area contributed by atoms with Crippen LogP contribution in [0.2, 0.25) is 0 Å². The third-order valence-electron chi connectivity index (χ3n) is 2.64. The number of nitrogens with zero attached hydrogens (tertiary/aromatic N) is 1. The minimum Gasteiger partial charge on any atom is -0.347 e. The smallest absolute Gasteiger partial charge is 0.347 e. The summed E-state index contributed by atoms with van der Waals surface area (Å²) in [5.74, 6) is -1.98. The Balaban J connectivity index is 1.90. The molecular formula is C13H13F3N4O. The molecule has 1 heterocycles. The van der Waals surface area contributed by atoms with E-state index < -0.39 is 12.1 Å². The van der Waals surface area contributed by atoms with Gasteiger partial charge in [-0.1, -0.05) is 12.1 Å². The molecule has 0 aliphatic heterocycles. The largest absolute Gasteiger partial charge is 0.471 e. The normalized spacial score (nSPS) is 11.4. The molecule has 2 rings (SSSR count). The van der Waals surface area contributed by atoms with Crippen molar-refractivity contribution in [3.05, 3.63) is 48.0 Å². The van der Waals surface area contributed by atoms with Crippen LogP contribution in [-0.2, 0) is 17.9 Å². The molecule has 1 aromatic carbocycles. The predicted molar refractivity (Wildman–Crippen MR) is 70.3 cm³/mol. The third kappa shape index (κ3) is 4.60. The lowest BCUT2D eigenvalue weighted by Gasteiger charge is -2.09. The Morgan fingerprint density at radius 2 is 2.10 bits per heavy atom. The Labute approximate surface area is 118 Å². The lowest BCUT2D eigenvalue weighted by atomic mass is 10.2. The molecule has 112 valence electrons. The maximum absolute atomic E-state index is 12.2. The van der Waals surface area contributed by atoms with E-state index in [9.17, 15) is 18.0 Å². The van der Waals surface area contributed by atoms with Crippen molar-refractivity contribution in [2.24, 2.45) is 0 Å². The van der Waals surface area contributed by atoms with E-state index in [2.05, 4.69) is 15.3 Å². The first-order chi connectivity index (χ1) is 9.95. The van der Waals surface area contributed by atoms with Gasteiger partial charge in [-0.15, -0.1) is 0 Å². The van der Waals surface area contributed by atoms with Crippen LogP contribution in [-0.4, -0.2) is 22.1 Å². The van der Waals surface area contributed by atoms with Gasteiger partial charge in [-0.05, 0) is 17.7 Å². The number of imidazole rings is 1. The third-order valence-corrected chi connectivity index (χ3v) is 2.64. The summed E-state index contributed by atoms with van der Waals surface area (Å²) >= 11 is 0. The Bertz CT molecular complexity index is 596. The second kappa shape index (κ2) is 6.40. The van der Waals surface area contributed by atoms with Crippen LogP contribution in [0.25, 0.3) is 0 Å². The summed E-state index contributed by atoms with van der Waals surface area (Å²) in [5.41, 5.74) is 1.77. The number of anilines is 1. The van der Waals surface area contributed by atoms with Gasteiger partial charge in [0.25, 0.3) is 0 Å². The van der Waals surface area contributed by atoms with E-state index in [0.717, 1.165) is 11.3 Å². The van der Waals surface area contributed by atoms with Gasteiger partial charge in [0.2, 0.25) is 0 Å². The second-order valence-electron chi connectivity index (χ2n) is 4.33. The topological polar surface area (TPSA) is 69.8 Å². The van der Waals surface area contributed by atoms with Crippen molar-refractivity contribution in [1.29, 1.82) is 0 Å². The van der Waals surface area contributed by atoms with Crippen molar-refractivity contribution in [3.63, 3.8) is 0 Å². The fraction of sp³-hybridized carbons (Fsp3) is 0.231. The molecule has 21 heavy (non-hydrogen) atoms. The lowest BCUT2D eigenvalue weighted by molar-refractivity contribution is -0.167. The van der Waals surface area contributed by atoms with Crippen LogP contribution in [0.5, 0.6) is 0 Å². The van der Waals surface area contributed by atoms with Gasteiger partial charge < -0.3 is 15.6 Å². The zero-order valence-electron chi connectivity index (χ0n) is 10.9. The van der Waals surface area contributed by atoms with Crippen LogP contribution in [0, 0.1) is 0 Å². The fourth-order valence-electron chi connectivity index (χ4n) is 1.68. The maximum atomic E-state index is 12.2. The van der Waals surface area contributed by atoms with Gasteiger partial charge >= 0.3 is 12.1 Å². The summed E-state index contributed by atoms with van der Waals surface area (Å²) in [5, 5.41) is 4.93. The number of H-pyrrole nitrogens is 1. The van der Waals surface area contributed by atoms with E-state index >= 15 is 0 Å². The standard InChI is InChI=1S/C13H13F3N4O/c14-13(15,16)12(21)20-10-3-1-2-9(4-10)5-17-6-11-7-18-8-19-11/h1-4,7-8,17H,5-6H2,(H,18,19)(H,20,21). The SMILES string of the molecule is O=C(Nc1cccc(CNCc2cnc[nH]2)c1)C(F)(F)F. The van der Waals surface area contributed by atoms with Crippen LogP contribution in [0.3, 0.4) is 0 Å². The van der Waals surface area contributed by atoms with E-state index in [1.807, 2.05) is 5.32 Å². The molecule has 0 atom stereocenters. The van der Waals surface area contributed by atoms with Crippen molar-refractivity contribution in [3.8, 4) is 0 Å². The summed E-state index contributed by atoms with van der Waals surface area (Å²) in [4.78, 5) is 17.6. The van der Waals surface area contributed by atoms with E-state index in [1.165, 1.54) is 12.1 Å². The van der Waals surface area contributed by atoms with E-state index in [-0.39, 0.29) is 5.69 Å². The molecule has 2 aromatic rings. The zero-order chi connectivity index (χ0) is 15.3. The molecule has 8 heteroatoms. The highest BCUT2D eigenvalue weighted by molar-refractivity contribution is 5.94. The van der Waals surface area contributed by atoms with Crippen LogP contribution in [0.4, 0.5) is 18.9 Å². The van der Waals surface area contributed by atoms with E-state index in [0.29, 0.717) is 13.1 Å². The highest BCUT2D eigenvalue weighted by Crippen LogP contribution is 2.18. The molecule has 0 saturated heterocycles. The molecule has 0 aliphatic carbocycles. The van der Waals surface area contributed by atoms with Crippen LogP contribution in [0.1, 0.15) is 11.3 Å². The molecule has 0 spiro atoms. The summed E-state index contributed by atoms with van der Waals surface area (Å²) in [6.45, 7) is 1.01. The molecule has 1 amide bonds. The highest BCUT2D eigenvalue weighted by atomic mass is 19.4. The number of nitrogens with one attached hydrogen (secondary N) is 3. The highest BCUT2D eigenvalue weighted by Gasteiger charge is 2.38. The molecule has 0 saturated carbocycles. The summed E-state index contributed by atoms with van der Waals surface area (Å²) in [6, 6.07) is 6.23. The molecule has 0 aliphatic rings. The number of alkyl halides is 3. The number of amides is 1. The van der Waals surface area contributed by atoms with Gasteiger partial charge in [-0.2, -0.15) is 13.2 Å². The van der Waals surface area contributed by atoms with Crippen molar-refractivity contribution in [2.45, 2.75) is 19.3 Å². The number of carbonyl (C=O) groups excluding carboxylic acids is 1. The number of aromatic nitrogens is 2. The summed E-state index contributed by atoms with van der Waals surface area (Å²) < 4.78 is 36.5. The first-order valence-corrected chi connectivity index (χ1v) is 6.10. The average Bonchev–Trinajstić information content (AvgIpc) is 2.91. The average molecular weight is 298 g/mol. The Hall–Kier alpha value is -2.35. The van der Waals surface area contributed by atoms with Gasteiger partial charge in [0.1, 0.15) is 0 Å². The summed E-state index contributed by atoms with van der Waals surface area (Å²) in [7, 11) is 0. The molecule has 0 fully saturated rings. The second-order valence-corrected chi connectivity index (χ2v) is 4.33. The number of benzene rings is 1. The number of hydrogen-bond acceptors (Lipinski definition) is 3. The molecule has 1 aromatic heterocycles. The van der Waals surface area contributed by atoms with E-state index in [4.69, 9.17) is 0 Å². The monoisotopic (exact) mass is 298 g/mol. The molecular weight excluding hydrogens is 285 g/mol. The number of carbonyl (C=O) groups is 1. The summed E-state index contributed by atoms with van der Waals surface area (Å²) in [6.07, 6.45) is -1.66. The van der Waals surface area contributed by atoms with Gasteiger partial charge in [0.15, 0.2) is 0 Å². The Kier molecular flexibility index (Phi) is 4.59. The molecule has 0 unspecified atom stereocenters. The lowest BCUT2D eigenvalue weighted by Crippen LogP contribution is -2.29. The van der Waals surface area contributed by atoms with Crippen LogP contribution < -0.4 is 10.6 Å². The van der Waals surface area contributed by atoms with Gasteiger partial charge in [-0.25, -0.2) is 4.98 Å². The number of hydrogen-bond donors (Lipinski definition) is 3. The maximum Gasteiger partial charge on any atom is 0.471 e. The van der Waals surface area contributed by atoms with Crippen molar-refractivity contribution < 1.29 is 18.0 Å².